The minimum absolute atomic E-state index is 0.0571. The number of nitrogens with zero attached hydrogens (tertiary/aromatic N) is 1. The number of hydrogen-bond acceptors (Lipinski definition) is 2. The molecule has 0 spiro atoms. The van der Waals surface area contributed by atoms with Gasteiger partial charge in [-0.2, -0.15) is 0 Å². The maximum absolute atomic E-state index is 12.1. The summed E-state index contributed by atoms with van der Waals surface area (Å²) in [5, 5.41) is 3.22. The third kappa shape index (κ3) is 5.88. The molecule has 19 heavy (non-hydrogen) atoms. The van der Waals surface area contributed by atoms with Crippen molar-refractivity contribution < 1.29 is 4.79 Å². The fourth-order valence-corrected chi connectivity index (χ4v) is 2.10. The lowest BCUT2D eigenvalue weighted by atomic mass is 10.1. The molecule has 0 aromatic heterocycles. The van der Waals surface area contributed by atoms with E-state index in [2.05, 4.69) is 36.5 Å². The molecule has 1 amide bonds. The van der Waals surface area contributed by atoms with E-state index in [-0.39, 0.29) is 11.8 Å². The van der Waals surface area contributed by atoms with E-state index in [1.165, 1.54) is 5.56 Å². The van der Waals surface area contributed by atoms with Crippen molar-refractivity contribution in [2.45, 2.75) is 26.7 Å². The van der Waals surface area contributed by atoms with Crippen molar-refractivity contribution >= 4 is 5.91 Å². The molecular formula is C16H26N2O. The molecule has 3 nitrogen and oxygen atoms in total. The summed E-state index contributed by atoms with van der Waals surface area (Å²) in [7, 11) is 1.90. The van der Waals surface area contributed by atoms with E-state index in [1.807, 2.05) is 24.9 Å². The Morgan fingerprint density at radius 1 is 1.32 bits per heavy atom. The van der Waals surface area contributed by atoms with Crippen LogP contribution in [0.2, 0.25) is 0 Å². The van der Waals surface area contributed by atoms with Crippen LogP contribution in [0.4, 0.5) is 0 Å². The van der Waals surface area contributed by atoms with Crippen molar-refractivity contribution in [2.24, 2.45) is 5.92 Å². The topological polar surface area (TPSA) is 32.3 Å². The summed E-state index contributed by atoms with van der Waals surface area (Å²) < 4.78 is 0. The van der Waals surface area contributed by atoms with Gasteiger partial charge in [-0.1, -0.05) is 44.2 Å². The van der Waals surface area contributed by atoms with Gasteiger partial charge in [0.15, 0.2) is 0 Å². The Balaban J connectivity index is 2.26. The molecule has 1 aromatic rings. The van der Waals surface area contributed by atoms with Gasteiger partial charge in [-0.25, -0.2) is 0 Å². The number of amides is 1. The molecule has 0 heterocycles. The zero-order chi connectivity index (χ0) is 14.1. The lowest BCUT2D eigenvalue weighted by Crippen LogP contribution is -2.37. The van der Waals surface area contributed by atoms with Crippen LogP contribution in [0.15, 0.2) is 30.3 Å². The fourth-order valence-electron chi connectivity index (χ4n) is 2.10. The third-order valence-electron chi connectivity index (χ3n) is 3.30. The highest BCUT2D eigenvalue weighted by atomic mass is 16.2. The van der Waals surface area contributed by atoms with Crippen molar-refractivity contribution in [3.05, 3.63) is 35.9 Å². The maximum atomic E-state index is 12.1. The Morgan fingerprint density at radius 3 is 2.63 bits per heavy atom. The Bertz CT molecular complexity index is 364. The van der Waals surface area contributed by atoms with E-state index in [9.17, 15) is 4.79 Å². The molecule has 0 saturated heterocycles. The first kappa shape index (κ1) is 15.7. The molecule has 0 bridgehead atoms. The van der Waals surface area contributed by atoms with E-state index in [4.69, 9.17) is 0 Å². The fraction of sp³-hybridized carbons (Fsp3) is 0.562. The SMILES string of the molecule is CCNCC(C)C(=O)N(C)CCCc1ccccc1. The second-order valence-electron chi connectivity index (χ2n) is 5.06. The van der Waals surface area contributed by atoms with E-state index in [0.29, 0.717) is 0 Å². The van der Waals surface area contributed by atoms with Crippen LogP contribution in [-0.4, -0.2) is 37.5 Å². The standard InChI is InChI=1S/C16H26N2O/c1-4-17-13-14(2)16(19)18(3)12-8-11-15-9-6-5-7-10-15/h5-7,9-10,14,17H,4,8,11-13H2,1-3H3. The second-order valence-corrected chi connectivity index (χ2v) is 5.06. The van der Waals surface area contributed by atoms with E-state index >= 15 is 0 Å². The summed E-state index contributed by atoms with van der Waals surface area (Å²) in [6, 6.07) is 10.4. The van der Waals surface area contributed by atoms with Crippen LogP contribution < -0.4 is 5.32 Å². The first-order chi connectivity index (χ1) is 9.15. The number of carbonyl (C=O) groups is 1. The second kappa shape index (κ2) is 8.70. The third-order valence-corrected chi connectivity index (χ3v) is 3.30. The van der Waals surface area contributed by atoms with Crippen LogP contribution in [0.25, 0.3) is 0 Å². The maximum Gasteiger partial charge on any atom is 0.226 e. The summed E-state index contributed by atoms with van der Waals surface area (Å²) in [5.74, 6) is 0.288. The Hall–Kier alpha value is -1.35. The molecular weight excluding hydrogens is 236 g/mol. The van der Waals surface area contributed by atoms with Crippen LogP contribution in [-0.2, 0) is 11.2 Å². The molecule has 0 saturated carbocycles. The van der Waals surface area contributed by atoms with Crippen LogP contribution >= 0.6 is 0 Å². The van der Waals surface area contributed by atoms with Gasteiger partial charge in [0.25, 0.3) is 0 Å². The molecule has 0 aliphatic rings. The number of nitrogens with one attached hydrogen (secondary N) is 1. The molecule has 1 rings (SSSR count). The van der Waals surface area contributed by atoms with Gasteiger partial charge in [-0.3, -0.25) is 4.79 Å². The van der Waals surface area contributed by atoms with Gasteiger partial charge in [0, 0.05) is 26.1 Å². The van der Waals surface area contributed by atoms with Crippen LogP contribution in [0.3, 0.4) is 0 Å². The normalized spacial score (nSPS) is 12.2. The summed E-state index contributed by atoms with van der Waals surface area (Å²) >= 11 is 0. The molecule has 3 heteroatoms. The van der Waals surface area contributed by atoms with Gasteiger partial charge in [0.1, 0.15) is 0 Å². The predicted molar refractivity (Wildman–Crippen MR) is 80.1 cm³/mol. The van der Waals surface area contributed by atoms with E-state index in [1.54, 1.807) is 0 Å². The van der Waals surface area contributed by atoms with Gasteiger partial charge in [0.2, 0.25) is 5.91 Å². The molecule has 1 atom stereocenters. The first-order valence-corrected chi connectivity index (χ1v) is 7.14. The monoisotopic (exact) mass is 262 g/mol. The number of benzene rings is 1. The van der Waals surface area contributed by atoms with Crippen LogP contribution in [0.5, 0.6) is 0 Å². The largest absolute Gasteiger partial charge is 0.345 e. The Kier molecular flexibility index (Phi) is 7.19. The molecule has 0 fully saturated rings. The van der Waals surface area contributed by atoms with Gasteiger partial charge >= 0.3 is 0 Å². The van der Waals surface area contributed by atoms with Crippen LogP contribution in [0.1, 0.15) is 25.8 Å². The summed E-state index contributed by atoms with van der Waals surface area (Å²) in [5.41, 5.74) is 1.34. The Morgan fingerprint density at radius 2 is 2.00 bits per heavy atom. The smallest absolute Gasteiger partial charge is 0.226 e. The van der Waals surface area contributed by atoms with Crippen molar-refractivity contribution in [3.63, 3.8) is 0 Å². The summed E-state index contributed by atoms with van der Waals surface area (Å²) in [6.45, 7) is 6.54. The molecule has 1 unspecified atom stereocenters. The molecule has 1 N–H and O–H groups in total. The molecule has 0 radical (unpaired) electrons. The van der Waals surface area contributed by atoms with Crippen molar-refractivity contribution in [3.8, 4) is 0 Å². The summed E-state index contributed by atoms with van der Waals surface area (Å²) in [4.78, 5) is 13.9. The van der Waals surface area contributed by atoms with Crippen molar-refractivity contribution in [1.29, 1.82) is 0 Å². The van der Waals surface area contributed by atoms with Gasteiger partial charge < -0.3 is 10.2 Å². The molecule has 106 valence electrons. The van der Waals surface area contributed by atoms with Crippen LogP contribution in [0, 0.1) is 5.92 Å². The van der Waals surface area contributed by atoms with Crippen molar-refractivity contribution in [1.82, 2.24) is 10.2 Å². The number of aryl methyl sites for hydroxylation is 1. The lowest BCUT2D eigenvalue weighted by molar-refractivity contribution is -0.133. The van der Waals surface area contributed by atoms with Gasteiger partial charge in [-0.05, 0) is 24.9 Å². The highest BCUT2D eigenvalue weighted by molar-refractivity contribution is 5.78. The average Bonchev–Trinajstić information content (AvgIpc) is 2.44. The summed E-state index contributed by atoms with van der Waals surface area (Å²) in [6.07, 6.45) is 2.04. The zero-order valence-electron chi connectivity index (χ0n) is 12.4. The number of rotatable bonds is 8. The minimum atomic E-state index is 0.0571. The highest BCUT2D eigenvalue weighted by Crippen LogP contribution is 2.05. The minimum Gasteiger partial charge on any atom is -0.345 e. The number of hydrogen-bond donors (Lipinski definition) is 1. The van der Waals surface area contributed by atoms with Gasteiger partial charge in [0.05, 0.1) is 0 Å². The Labute approximate surface area is 117 Å². The molecule has 0 aliphatic heterocycles. The van der Waals surface area contributed by atoms with E-state index < -0.39 is 0 Å². The lowest BCUT2D eigenvalue weighted by Gasteiger charge is -2.21. The molecule has 0 aliphatic carbocycles. The van der Waals surface area contributed by atoms with E-state index in [0.717, 1.165) is 32.5 Å². The molecule has 1 aromatic carbocycles. The number of carbonyl (C=O) groups excluding carboxylic acids is 1. The zero-order valence-corrected chi connectivity index (χ0v) is 12.4. The van der Waals surface area contributed by atoms with Gasteiger partial charge in [-0.15, -0.1) is 0 Å². The van der Waals surface area contributed by atoms with Crippen molar-refractivity contribution in [2.75, 3.05) is 26.7 Å². The quantitative estimate of drug-likeness (QED) is 0.780. The highest BCUT2D eigenvalue weighted by Gasteiger charge is 2.16. The predicted octanol–water partition coefficient (Wildman–Crippen LogP) is 2.32. The average molecular weight is 262 g/mol. The first-order valence-electron chi connectivity index (χ1n) is 7.14.